The zero-order chi connectivity index (χ0) is 25.6. The molecule has 1 atom stereocenters. The quantitative estimate of drug-likeness (QED) is 0.310. The highest BCUT2D eigenvalue weighted by atomic mass is 32.1. The maximum Gasteiger partial charge on any atom is 0.196 e. The fraction of sp³-hybridized carbons (Fsp3) is 0.393. The van der Waals surface area contributed by atoms with E-state index in [1.54, 1.807) is 11.3 Å². The molecule has 0 aliphatic carbocycles. The largest absolute Gasteiger partial charge is 0.379 e. The number of nitrogens with zero attached hydrogens (tertiary/aromatic N) is 5. The lowest BCUT2D eigenvalue weighted by molar-refractivity contribution is 0.00181. The number of imidazole rings is 1. The normalized spacial score (nSPS) is 17.1. The number of aromatic nitrogens is 4. The second-order valence-electron chi connectivity index (χ2n) is 10.7. The summed E-state index contributed by atoms with van der Waals surface area (Å²) in [5, 5.41) is 7.73. The lowest BCUT2D eigenvalue weighted by Gasteiger charge is -2.33. The molecule has 1 aromatic carbocycles. The molecule has 0 radical (unpaired) electrons. The SMILES string of the molecule is C[C@H]1COCCN1CCNc1ccc2c(n1)sc1nc(-c3ccc(-c4cc(C(C)(C)C)on4)cc3)cn12. The number of rotatable bonds is 6. The molecular formula is C28H32N6O2S. The molecule has 1 fully saturated rings. The molecule has 1 aliphatic heterocycles. The number of benzene rings is 1. The van der Waals surface area contributed by atoms with Crippen LogP contribution < -0.4 is 5.32 Å². The standard InChI is InChI=1S/C28H32N6O2S/c1-18-17-35-14-13-33(18)12-11-29-25-10-9-23-26(31-25)37-27-30-22(16-34(23)27)20-7-5-19(6-8-20)21-15-24(36-32-21)28(2,3)4/h5-10,15-16,18H,11-14,17H2,1-4H3,(H,29,31)/t18-/m0/s1. The van der Waals surface area contributed by atoms with Crippen molar-refractivity contribution in [2.24, 2.45) is 0 Å². The van der Waals surface area contributed by atoms with E-state index in [-0.39, 0.29) is 5.41 Å². The summed E-state index contributed by atoms with van der Waals surface area (Å²) < 4.78 is 13.2. The van der Waals surface area contributed by atoms with Gasteiger partial charge in [0.2, 0.25) is 0 Å². The van der Waals surface area contributed by atoms with Gasteiger partial charge >= 0.3 is 0 Å². The lowest BCUT2D eigenvalue weighted by atomic mass is 9.93. The van der Waals surface area contributed by atoms with Gasteiger partial charge in [0, 0.05) is 54.5 Å². The number of hydrogen-bond acceptors (Lipinski definition) is 8. The topological polar surface area (TPSA) is 80.7 Å². The Balaban J connectivity index is 1.16. The smallest absolute Gasteiger partial charge is 0.196 e. The highest BCUT2D eigenvalue weighted by molar-refractivity contribution is 7.23. The van der Waals surface area contributed by atoms with Gasteiger partial charge in [-0.25, -0.2) is 9.97 Å². The van der Waals surface area contributed by atoms with Crippen molar-refractivity contribution in [1.29, 1.82) is 0 Å². The van der Waals surface area contributed by atoms with E-state index < -0.39 is 0 Å². The molecule has 37 heavy (non-hydrogen) atoms. The number of ether oxygens (including phenoxy) is 1. The van der Waals surface area contributed by atoms with Crippen molar-refractivity contribution < 1.29 is 9.26 Å². The van der Waals surface area contributed by atoms with Crippen LogP contribution in [0, 0.1) is 0 Å². The molecule has 5 heterocycles. The molecular weight excluding hydrogens is 484 g/mol. The van der Waals surface area contributed by atoms with E-state index in [1.165, 1.54) is 0 Å². The van der Waals surface area contributed by atoms with Crippen LogP contribution in [0.3, 0.4) is 0 Å². The Morgan fingerprint density at radius 2 is 1.84 bits per heavy atom. The van der Waals surface area contributed by atoms with Crippen LogP contribution in [0.4, 0.5) is 5.82 Å². The van der Waals surface area contributed by atoms with Crippen molar-refractivity contribution in [1.82, 2.24) is 24.4 Å². The monoisotopic (exact) mass is 516 g/mol. The van der Waals surface area contributed by atoms with Crippen LogP contribution in [-0.4, -0.2) is 63.3 Å². The highest BCUT2D eigenvalue weighted by Gasteiger charge is 2.21. The number of pyridine rings is 1. The minimum atomic E-state index is -0.0660. The van der Waals surface area contributed by atoms with Crippen LogP contribution >= 0.6 is 11.3 Å². The van der Waals surface area contributed by atoms with E-state index >= 15 is 0 Å². The lowest BCUT2D eigenvalue weighted by Crippen LogP contribution is -2.45. The molecule has 0 unspecified atom stereocenters. The molecule has 5 aromatic rings. The van der Waals surface area contributed by atoms with Gasteiger partial charge in [-0.15, -0.1) is 0 Å². The van der Waals surface area contributed by atoms with Gasteiger partial charge in [-0.3, -0.25) is 9.30 Å². The number of fused-ring (bicyclic) bond motifs is 3. The molecule has 0 spiro atoms. The van der Waals surface area contributed by atoms with Crippen molar-refractivity contribution in [3.8, 4) is 22.5 Å². The van der Waals surface area contributed by atoms with Gasteiger partial charge in [-0.1, -0.05) is 61.5 Å². The molecule has 0 saturated carbocycles. The summed E-state index contributed by atoms with van der Waals surface area (Å²) in [7, 11) is 0. The number of anilines is 1. The van der Waals surface area contributed by atoms with Gasteiger partial charge in [-0.05, 0) is 19.1 Å². The average Bonchev–Trinajstić information content (AvgIpc) is 3.60. The third-order valence-electron chi connectivity index (χ3n) is 6.90. The predicted molar refractivity (Wildman–Crippen MR) is 148 cm³/mol. The molecule has 8 nitrogen and oxygen atoms in total. The second kappa shape index (κ2) is 9.55. The molecule has 1 N–H and O–H groups in total. The summed E-state index contributed by atoms with van der Waals surface area (Å²) in [5.74, 6) is 1.78. The zero-order valence-electron chi connectivity index (χ0n) is 21.7. The molecule has 4 aromatic heterocycles. The van der Waals surface area contributed by atoms with Gasteiger partial charge in [0.05, 0.1) is 24.4 Å². The number of morpholine rings is 1. The Morgan fingerprint density at radius 1 is 1.05 bits per heavy atom. The fourth-order valence-corrected chi connectivity index (χ4v) is 5.60. The Morgan fingerprint density at radius 3 is 2.57 bits per heavy atom. The van der Waals surface area contributed by atoms with E-state index in [0.717, 1.165) is 82.2 Å². The minimum Gasteiger partial charge on any atom is -0.379 e. The summed E-state index contributed by atoms with van der Waals surface area (Å²) in [4.78, 5) is 14.1. The van der Waals surface area contributed by atoms with Gasteiger partial charge in [0.1, 0.15) is 22.1 Å². The predicted octanol–water partition coefficient (Wildman–Crippen LogP) is 5.70. The maximum atomic E-state index is 5.55. The molecule has 0 amide bonds. The molecule has 1 aliphatic rings. The maximum absolute atomic E-state index is 5.55. The van der Waals surface area contributed by atoms with Gasteiger partial charge in [-0.2, -0.15) is 0 Å². The summed E-state index contributed by atoms with van der Waals surface area (Å²) in [5.41, 5.74) is 4.89. The first-order valence-corrected chi connectivity index (χ1v) is 13.6. The molecule has 1 saturated heterocycles. The van der Waals surface area contributed by atoms with Crippen molar-refractivity contribution in [2.75, 3.05) is 38.2 Å². The van der Waals surface area contributed by atoms with Crippen LogP contribution in [0.15, 0.2) is 53.2 Å². The van der Waals surface area contributed by atoms with Crippen LogP contribution in [0.25, 0.3) is 37.8 Å². The van der Waals surface area contributed by atoms with Gasteiger partial charge < -0.3 is 14.6 Å². The summed E-state index contributed by atoms with van der Waals surface area (Å²) in [6, 6.07) is 15.0. The molecule has 6 rings (SSSR count). The summed E-state index contributed by atoms with van der Waals surface area (Å²) in [6.45, 7) is 13.0. The summed E-state index contributed by atoms with van der Waals surface area (Å²) in [6.07, 6.45) is 2.09. The minimum absolute atomic E-state index is 0.0660. The van der Waals surface area contributed by atoms with E-state index in [4.69, 9.17) is 19.2 Å². The van der Waals surface area contributed by atoms with E-state index in [9.17, 15) is 0 Å². The Bertz CT molecular complexity index is 1530. The van der Waals surface area contributed by atoms with Crippen molar-refractivity contribution in [2.45, 2.75) is 39.2 Å². The van der Waals surface area contributed by atoms with Gasteiger partial charge in [0.15, 0.2) is 4.96 Å². The third kappa shape index (κ3) is 4.86. The first-order chi connectivity index (χ1) is 17.8. The van der Waals surface area contributed by atoms with E-state index in [1.807, 2.05) is 6.07 Å². The number of hydrogen-bond donors (Lipinski definition) is 1. The van der Waals surface area contributed by atoms with Crippen LogP contribution in [0.5, 0.6) is 0 Å². The molecule has 192 valence electrons. The van der Waals surface area contributed by atoms with Crippen molar-refractivity contribution in [3.05, 3.63) is 54.4 Å². The first kappa shape index (κ1) is 24.1. The Kier molecular flexibility index (Phi) is 6.22. The zero-order valence-corrected chi connectivity index (χ0v) is 22.5. The first-order valence-electron chi connectivity index (χ1n) is 12.8. The fourth-order valence-electron chi connectivity index (χ4n) is 4.62. The van der Waals surface area contributed by atoms with E-state index in [2.05, 4.69) is 90.1 Å². The molecule has 0 bridgehead atoms. The second-order valence-corrected chi connectivity index (χ2v) is 11.6. The number of nitrogens with one attached hydrogen (secondary N) is 1. The van der Waals surface area contributed by atoms with Crippen LogP contribution in [0.1, 0.15) is 33.5 Å². The van der Waals surface area contributed by atoms with Crippen LogP contribution in [0.2, 0.25) is 0 Å². The molecule has 9 heteroatoms. The average molecular weight is 517 g/mol. The highest BCUT2D eigenvalue weighted by Crippen LogP contribution is 2.31. The number of thiazole rings is 1. The Labute approximate surface area is 220 Å². The van der Waals surface area contributed by atoms with Crippen molar-refractivity contribution >= 4 is 32.5 Å². The van der Waals surface area contributed by atoms with E-state index in [0.29, 0.717) is 6.04 Å². The Hall–Kier alpha value is -3.27. The van der Waals surface area contributed by atoms with Crippen molar-refractivity contribution in [3.63, 3.8) is 0 Å². The van der Waals surface area contributed by atoms with Crippen LogP contribution in [-0.2, 0) is 10.2 Å². The summed E-state index contributed by atoms with van der Waals surface area (Å²) >= 11 is 1.61. The third-order valence-corrected chi connectivity index (χ3v) is 7.86. The van der Waals surface area contributed by atoms with Gasteiger partial charge in [0.25, 0.3) is 0 Å².